The third kappa shape index (κ3) is 11.7. The second kappa shape index (κ2) is 21.5. The molecule has 60 heavy (non-hydrogen) atoms. The highest BCUT2D eigenvalue weighted by Crippen LogP contribution is 2.40. The van der Waals surface area contributed by atoms with E-state index in [1.807, 2.05) is 122 Å². The van der Waals surface area contributed by atoms with Crippen LogP contribution in [-0.2, 0) is 81.6 Å². The lowest BCUT2D eigenvalue weighted by molar-refractivity contribution is -0.360. The van der Waals surface area contributed by atoms with Crippen molar-refractivity contribution in [2.24, 2.45) is 0 Å². The van der Waals surface area contributed by atoms with Gasteiger partial charge in [0, 0.05) is 39.3 Å². The summed E-state index contributed by atoms with van der Waals surface area (Å²) in [6.45, 7) is 7.92. The van der Waals surface area contributed by atoms with Crippen LogP contribution in [-0.4, -0.2) is 98.1 Å². The Kier molecular flexibility index (Phi) is 16.0. The second-order valence-electron chi connectivity index (χ2n) is 14.9. The molecule has 2 aliphatic heterocycles. The molecule has 4 aromatic rings. The molecule has 6 rings (SSSR count). The van der Waals surface area contributed by atoms with Crippen molar-refractivity contribution >= 4 is 17.9 Å². The van der Waals surface area contributed by atoms with E-state index in [1.54, 1.807) is 0 Å². The van der Waals surface area contributed by atoms with Crippen molar-refractivity contribution in [3.05, 3.63) is 131 Å². The first-order chi connectivity index (χ1) is 29.0. The van der Waals surface area contributed by atoms with Gasteiger partial charge in [-0.15, -0.1) is 0 Å². The summed E-state index contributed by atoms with van der Waals surface area (Å²) in [6.07, 6.45) is -9.22. The van der Waals surface area contributed by atoms with Crippen LogP contribution in [0, 0.1) is 13.8 Å². The van der Waals surface area contributed by atoms with Gasteiger partial charge in [-0.3, -0.25) is 14.4 Å². The number of hydrogen-bond donors (Lipinski definition) is 0. The molecule has 1 aromatic heterocycles. The van der Waals surface area contributed by atoms with Gasteiger partial charge >= 0.3 is 17.9 Å². The predicted octanol–water partition coefficient (Wildman–Crippen LogP) is 5.94. The van der Waals surface area contributed by atoms with Gasteiger partial charge in [0.2, 0.25) is 0 Å². The number of methoxy groups -OCH3 is 1. The van der Waals surface area contributed by atoms with E-state index < -0.39 is 79.3 Å². The Balaban J connectivity index is 1.45. The minimum absolute atomic E-state index is 0.0370. The van der Waals surface area contributed by atoms with Crippen molar-refractivity contribution in [1.29, 1.82) is 0 Å². The summed E-state index contributed by atoms with van der Waals surface area (Å²) in [5.74, 6) is -1.87. The number of carbonyl (C=O) groups excluding carboxylic acids is 3. The zero-order valence-electron chi connectivity index (χ0n) is 34.9. The quantitative estimate of drug-likeness (QED) is 0.0862. The fraction of sp³-hybridized carbons (Fsp3) is 0.457. The average Bonchev–Trinajstić information content (AvgIpc) is 3.57. The molecule has 14 heteroatoms. The van der Waals surface area contributed by atoms with Crippen molar-refractivity contribution in [3.63, 3.8) is 0 Å². The lowest BCUT2D eigenvalue weighted by Gasteiger charge is -2.50. The van der Waals surface area contributed by atoms with Gasteiger partial charge in [0.15, 0.2) is 24.8 Å². The summed E-state index contributed by atoms with van der Waals surface area (Å²) in [4.78, 5) is 37.8. The fourth-order valence-corrected chi connectivity index (χ4v) is 7.71. The Bertz CT molecular complexity index is 1940. The van der Waals surface area contributed by atoms with E-state index in [4.69, 9.17) is 47.4 Å². The molecule has 3 heterocycles. The van der Waals surface area contributed by atoms with Gasteiger partial charge in [0.05, 0.1) is 26.4 Å². The lowest BCUT2D eigenvalue weighted by Crippen LogP contribution is -2.65. The third-order valence-corrected chi connectivity index (χ3v) is 10.4. The van der Waals surface area contributed by atoms with Gasteiger partial charge in [-0.2, -0.15) is 0 Å². The molecule has 0 aliphatic carbocycles. The van der Waals surface area contributed by atoms with Crippen LogP contribution in [0.2, 0.25) is 0 Å². The molecule has 322 valence electrons. The molecule has 2 aliphatic rings. The number of aryl methyl sites for hydroxylation is 2. The van der Waals surface area contributed by atoms with Gasteiger partial charge < -0.3 is 51.9 Å². The Morgan fingerprint density at radius 1 is 0.550 bits per heavy atom. The van der Waals surface area contributed by atoms with Crippen LogP contribution < -0.4 is 0 Å². The fourth-order valence-electron chi connectivity index (χ4n) is 7.71. The molecular weight excluding hydrogens is 774 g/mol. The standard InChI is InChI=1S/C46H55NO13/c1-29-22-23-30(2)47(29)39-42(57-33(5)50)40(56-32(4)49)38(28-53-31(3)48)58-45(39)60-41-37(27-52-24-34-16-10-7-11-17-34)59-46(51-6)44(55-26-36-20-14-9-15-21-36)43(41)54-25-35-18-12-8-13-19-35/h7-23,37-46H,24-28H2,1-6H3/t37-,38-,39-,40-,41-,42-,43+,44-,45+,46+/m1/s1. The van der Waals surface area contributed by atoms with Gasteiger partial charge in [-0.05, 0) is 42.7 Å². The lowest BCUT2D eigenvalue weighted by atomic mass is 9.94. The van der Waals surface area contributed by atoms with Crippen molar-refractivity contribution in [2.45, 2.75) is 116 Å². The summed E-state index contributed by atoms with van der Waals surface area (Å²) in [5, 5.41) is 0. The van der Waals surface area contributed by atoms with Crippen LogP contribution in [0.3, 0.4) is 0 Å². The number of aromatic nitrogens is 1. The molecule has 0 unspecified atom stereocenters. The van der Waals surface area contributed by atoms with Crippen molar-refractivity contribution in [1.82, 2.24) is 4.57 Å². The SMILES string of the molecule is CO[C@H]1O[C@H](COCc2ccccc2)[C@@H](O[C@@H]2O[C@H](COC(C)=O)[C@@H](OC(C)=O)[C@H](OC(C)=O)[C@H]2n2c(C)ccc2C)[C@H](OCc2ccccc2)[C@H]1OCc1ccccc1. The van der Waals surface area contributed by atoms with Crippen molar-refractivity contribution in [2.75, 3.05) is 20.3 Å². The summed E-state index contributed by atoms with van der Waals surface area (Å²) < 4.78 is 65.7. The Morgan fingerprint density at radius 3 is 1.55 bits per heavy atom. The first-order valence-corrected chi connectivity index (χ1v) is 20.1. The number of benzene rings is 3. The first-order valence-electron chi connectivity index (χ1n) is 20.1. The molecule has 0 saturated carbocycles. The monoisotopic (exact) mass is 829 g/mol. The van der Waals surface area contributed by atoms with E-state index in [0.29, 0.717) is 0 Å². The molecule has 0 spiro atoms. The second-order valence-corrected chi connectivity index (χ2v) is 14.9. The maximum Gasteiger partial charge on any atom is 0.303 e. The summed E-state index contributed by atoms with van der Waals surface area (Å²) in [5.41, 5.74) is 4.35. The van der Waals surface area contributed by atoms with E-state index >= 15 is 0 Å². The summed E-state index contributed by atoms with van der Waals surface area (Å²) in [7, 11) is 1.54. The normalized spacial score (nSPS) is 26.6. The number of carbonyl (C=O) groups is 3. The molecule has 0 amide bonds. The molecule has 14 nitrogen and oxygen atoms in total. The maximum atomic E-state index is 12.9. The highest BCUT2D eigenvalue weighted by Gasteiger charge is 2.56. The van der Waals surface area contributed by atoms with Crippen LogP contribution in [0.15, 0.2) is 103 Å². The van der Waals surface area contributed by atoms with Gasteiger partial charge in [-0.25, -0.2) is 0 Å². The highest BCUT2D eigenvalue weighted by molar-refractivity contribution is 5.68. The van der Waals surface area contributed by atoms with Crippen LogP contribution in [0.5, 0.6) is 0 Å². The smallest absolute Gasteiger partial charge is 0.303 e. The minimum atomic E-state index is -1.26. The average molecular weight is 830 g/mol. The summed E-state index contributed by atoms with van der Waals surface area (Å²) in [6, 6.07) is 32.0. The molecular formula is C46H55NO13. The van der Waals surface area contributed by atoms with Crippen LogP contribution in [0.4, 0.5) is 0 Å². The van der Waals surface area contributed by atoms with Gasteiger partial charge in [0.1, 0.15) is 43.2 Å². The summed E-state index contributed by atoms with van der Waals surface area (Å²) >= 11 is 0. The topological polar surface area (TPSA) is 148 Å². The molecule has 0 N–H and O–H groups in total. The largest absolute Gasteiger partial charge is 0.463 e. The molecule has 2 fully saturated rings. The molecule has 0 radical (unpaired) electrons. The van der Waals surface area contributed by atoms with E-state index in [9.17, 15) is 14.4 Å². The van der Waals surface area contributed by atoms with Crippen LogP contribution in [0.25, 0.3) is 0 Å². The zero-order chi connectivity index (χ0) is 42.6. The number of ether oxygens (including phenoxy) is 10. The van der Waals surface area contributed by atoms with Crippen molar-refractivity contribution < 1.29 is 61.8 Å². The van der Waals surface area contributed by atoms with Crippen LogP contribution >= 0.6 is 0 Å². The van der Waals surface area contributed by atoms with E-state index in [-0.39, 0.29) is 33.0 Å². The zero-order valence-corrected chi connectivity index (χ0v) is 34.9. The first kappa shape index (κ1) is 44.6. The van der Waals surface area contributed by atoms with Crippen LogP contribution in [0.1, 0.15) is 54.9 Å². The molecule has 3 aromatic carbocycles. The van der Waals surface area contributed by atoms with Gasteiger partial charge in [-0.1, -0.05) is 91.0 Å². The number of rotatable bonds is 18. The predicted molar refractivity (Wildman–Crippen MR) is 216 cm³/mol. The molecule has 0 bridgehead atoms. The number of nitrogens with zero attached hydrogens (tertiary/aromatic N) is 1. The molecule has 10 atom stereocenters. The van der Waals surface area contributed by atoms with E-state index in [1.165, 1.54) is 27.9 Å². The Hall–Kier alpha value is -4.93. The van der Waals surface area contributed by atoms with E-state index in [0.717, 1.165) is 28.1 Å². The Labute approximate surface area is 350 Å². The number of esters is 3. The molecule has 2 saturated heterocycles. The van der Waals surface area contributed by atoms with E-state index in [2.05, 4.69) is 0 Å². The minimum Gasteiger partial charge on any atom is -0.463 e. The third-order valence-electron chi connectivity index (χ3n) is 10.4. The Morgan fingerprint density at radius 2 is 1.03 bits per heavy atom. The van der Waals surface area contributed by atoms with Crippen molar-refractivity contribution in [3.8, 4) is 0 Å². The maximum absolute atomic E-state index is 12.9. The highest BCUT2D eigenvalue weighted by atomic mass is 16.8. The number of hydrogen-bond acceptors (Lipinski definition) is 13. The van der Waals surface area contributed by atoms with Gasteiger partial charge in [0.25, 0.3) is 0 Å².